The smallest absolute Gasteiger partial charge is 0.251 e. The number of carbonyl (C=O) groups excluding carboxylic acids is 2. The molecule has 23 heavy (non-hydrogen) atoms. The van der Waals surface area contributed by atoms with Crippen LogP contribution in [-0.2, 0) is 11.2 Å². The van der Waals surface area contributed by atoms with E-state index in [1.165, 1.54) is 0 Å². The van der Waals surface area contributed by atoms with E-state index in [1.807, 2.05) is 0 Å². The second kappa shape index (κ2) is 6.40. The van der Waals surface area contributed by atoms with E-state index < -0.39 is 6.04 Å². The lowest BCUT2D eigenvalue weighted by Gasteiger charge is -2.17. The lowest BCUT2D eigenvalue weighted by Crippen LogP contribution is -2.30. The molecule has 2 aromatic carbocycles. The Morgan fingerprint density at radius 2 is 2.00 bits per heavy atom. The highest BCUT2D eigenvalue weighted by Gasteiger charge is 2.20. The van der Waals surface area contributed by atoms with Crippen molar-refractivity contribution in [1.29, 1.82) is 0 Å². The van der Waals surface area contributed by atoms with E-state index in [-0.39, 0.29) is 18.4 Å². The molecular formula is C17H15ClN2O3. The Morgan fingerprint density at radius 1 is 1.26 bits per heavy atom. The summed E-state index contributed by atoms with van der Waals surface area (Å²) in [5.41, 5.74) is 2.73. The maximum absolute atomic E-state index is 12.4. The molecule has 1 aliphatic rings. The fraction of sp³-hybridized carbons (Fsp3) is 0.176. The van der Waals surface area contributed by atoms with Crippen molar-refractivity contribution in [2.45, 2.75) is 12.5 Å². The molecule has 0 radical (unpaired) electrons. The lowest BCUT2D eigenvalue weighted by atomic mass is 10.1. The number of benzene rings is 2. The van der Waals surface area contributed by atoms with Crippen molar-refractivity contribution in [3.05, 3.63) is 64.2 Å². The van der Waals surface area contributed by atoms with Crippen molar-refractivity contribution in [2.75, 3.05) is 11.9 Å². The van der Waals surface area contributed by atoms with Crippen molar-refractivity contribution in [3.63, 3.8) is 0 Å². The van der Waals surface area contributed by atoms with Gasteiger partial charge in [-0.2, -0.15) is 0 Å². The maximum atomic E-state index is 12.4. The van der Waals surface area contributed by atoms with Gasteiger partial charge in [0.15, 0.2) is 0 Å². The van der Waals surface area contributed by atoms with Gasteiger partial charge in [0.1, 0.15) is 0 Å². The fourth-order valence-corrected chi connectivity index (χ4v) is 2.65. The monoisotopic (exact) mass is 330 g/mol. The van der Waals surface area contributed by atoms with Crippen LogP contribution in [-0.4, -0.2) is 23.5 Å². The summed E-state index contributed by atoms with van der Waals surface area (Å²) in [6, 6.07) is 11.5. The number of halogens is 1. The van der Waals surface area contributed by atoms with E-state index in [0.717, 1.165) is 11.1 Å². The molecule has 0 saturated heterocycles. The number of fused-ring (bicyclic) bond motifs is 1. The molecule has 0 aliphatic carbocycles. The highest BCUT2D eigenvalue weighted by atomic mass is 35.5. The maximum Gasteiger partial charge on any atom is 0.251 e. The topological polar surface area (TPSA) is 78.4 Å². The molecule has 0 spiro atoms. The first-order chi connectivity index (χ1) is 11.1. The van der Waals surface area contributed by atoms with E-state index in [4.69, 9.17) is 11.6 Å². The van der Waals surface area contributed by atoms with Gasteiger partial charge >= 0.3 is 0 Å². The van der Waals surface area contributed by atoms with Crippen molar-refractivity contribution in [2.24, 2.45) is 0 Å². The van der Waals surface area contributed by atoms with E-state index in [0.29, 0.717) is 22.7 Å². The van der Waals surface area contributed by atoms with E-state index in [2.05, 4.69) is 10.6 Å². The number of aliphatic hydroxyl groups is 1. The Bertz CT molecular complexity index is 759. The molecule has 5 nitrogen and oxygen atoms in total. The number of nitrogens with one attached hydrogen (secondary N) is 2. The number of amides is 2. The van der Waals surface area contributed by atoms with E-state index in [1.54, 1.807) is 42.5 Å². The highest BCUT2D eigenvalue weighted by Crippen LogP contribution is 2.24. The lowest BCUT2D eigenvalue weighted by molar-refractivity contribution is -0.115. The summed E-state index contributed by atoms with van der Waals surface area (Å²) in [7, 11) is 0. The number of hydrogen-bond donors (Lipinski definition) is 3. The molecule has 0 aromatic heterocycles. The molecule has 118 valence electrons. The zero-order valence-electron chi connectivity index (χ0n) is 12.2. The van der Waals surface area contributed by atoms with Crippen LogP contribution >= 0.6 is 11.6 Å². The Hall–Kier alpha value is -2.37. The molecule has 1 heterocycles. The van der Waals surface area contributed by atoms with E-state index in [9.17, 15) is 14.7 Å². The number of aliphatic hydroxyl groups excluding tert-OH is 1. The summed E-state index contributed by atoms with van der Waals surface area (Å²) in [6.07, 6.45) is 0.335. The molecule has 0 unspecified atom stereocenters. The standard InChI is InChI=1S/C17H15ClN2O3/c18-13-5-3-10(4-6-13)15(9-21)20-17(23)12-2-1-11-8-16(22)19-14(11)7-12/h1-7,15,21H,8-9H2,(H,19,22)(H,20,23)/t15-/m0/s1. The van der Waals surface area contributed by atoms with Crippen LogP contribution in [0.1, 0.15) is 27.5 Å². The zero-order chi connectivity index (χ0) is 16.4. The van der Waals surface area contributed by atoms with Gasteiger partial charge in [-0.3, -0.25) is 9.59 Å². The van der Waals surface area contributed by atoms with Gasteiger partial charge in [-0.05, 0) is 35.4 Å². The molecule has 1 aliphatic heterocycles. The predicted molar refractivity (Wildman–Crippen MR) is 87.5 cm³/mol. The normalized spacial score (nSPS) is 14.1. The summed E-state index contributed by atoms with van der Waals surface area (Å²) in [5.74, 6) is -0.394. The number of hydrogen-bond acceptors (Lipinski definition) is 3. The minimum Gasteiger partial charge on any atom is -0.394 e. The molecule has 2 amide bonds. The summed E-state index contributed by atoms with van der Waals surface area (Å²) in [6.45, 7) is -0.227. The second-order valence-corrected chi connectivity index (χ2v) is 5.79. The summed E-state index contributed by atoms with van der Waals surface area (Å²) in [4.78, 5) is 23.7. The van der Waals surface area contributed by atoms with Gasteiger partial charge < -0.3 is 15.7 Å². The molecule has 3 N–H and O–H groups in total. The third kappa shape index (κ3) is 3.36. The fourth-order valence-electron chi connectivity index (χ4n) is 2.53. The van der Waals surface area contributed by atoms with Gasteiger partial charge in [-0.25, -0.2) is 0 Å². The molecule has 2 aromatic rings. The van der Waals surface area contributed by atoms with Crippen molar-refractivity contribution >= 4 is 29.1 Å². The minimum absolute atomic E-state index is 0.0769. The van der Waals surface area contributed by atoms with Gasteiger partial charge in [0, 0.05) is 16.3 Å². The molecule has 3 rings (SSSR count). The largest absolute Gasteiger partial charge is 0.394 e. The van der Waals surface area contributed by atoms with Crippen LogP contribution in [0.15, 0.2) is 42.5 Å². The summed E-state index contributed by atoms with van der Waals surface area (Å²) in [5, 5.41) is 15.6. The third-order valence-corrected chi connectivity index (χ3v) is 4.01. The summed E-state index contributed by atoms with van der Waals surface area (Å²) < 4.78 is 0. The molecule has 0 bridgehead atoms. The third-order valence-electron chi connectivity index (χ3n) is 3.76. The van der Waals surface area contributed by atoms with Crippen LogP contribution in [0.3, 0.4) is 0 Å². The molecule has 0 fully saturated rings. The van der Waals surface area contributed by atoms with Gasteiger partial charge in [-0.1, -0.05) is 29.8 Å². The minimum atomic E-state index is -0.525. The van der Waals surface area contributed by atoms with E-state index >= 15 is 0 Å². The first-order valence-electron chi connectivity index (χ1n) is 7.17. The molecular weight excluding hydrogens is 316 g/mol. The number of carbonyl (C=O) groups is 2. The van der Waals surface area contributed by atoms with Crippen molar-refractivity contribution < 1.29 is 14.7 Å². The summed E-state index contributed by atoms with van der Waals surface area (Å²) >= 11 is 5.84. The first-order valence-corrected chi connectivity index (χ1v) is 7.54. The van der Waals surface area contributed by atoms with Gasteiger partial charge in [0.05, 0.1) is 19.1 Å². The van der Waals surface area contributed by atoms with Crippen LogP contribution in [0, 0.1) is 0 Å². The van der Waals surface area contributed by atoms with Gasteiger partial charge in [0.25, 0.3) is 5.91 Å². The molecule has 1 atom stereocenters. The Balaban J connectivity index is 1.76. The van der Waals surface area contributed by atoms with Crippen molar-refractivity contribution in [1.82, 2.24) is 5.32 Å². The average molecular weight is 331 g/mol. The van der Waals surface area contributed by atoms with Gasteiger partial charge in [-0.15, -0.1) is 0 Å². The number of rotatable bonds is 4. The zero-order valence-corrected chi connectivity index (χ0v) is 12.9. The molecule has 6 heteroatoms. The Labute approximate surface area is 138 Å². The Kier molecular flexibility index (Phi) is 4.32. The van der Waals surface area contributed by atoms with Crippen LogP contribution in [0.5, 0.6) is 0 Å². The van der Waals surface area contributed by atoms with Crippen LogP contribution in [0.2, 0.25) is 5.02 Å². The second-order valence-electron chi connectivity index (χ2n) is 5.36. The number of anilines is 1. The van der Waals surface area contributed by atoms with Crippen LogP contribution in [0.25, 0.3) is 0 Å². The first kappa shape index (κ1) is 15.5. The van der Waals surface area contributed by atoms with Crippen LogP contribution < -0.4 is 10.6 Å². The molecule has 0 saturated carbocycles. The Morgan fingerprint density at radius 3 is 2.70 bits per heavy atom. The SMILES string of the molecule is O=C1Cc2ccc(C(=O)N[C@@H](CO)c3ccc(Cl)cc3)cc2N1. The van der Waals surface area contributed by atoms with Crippen molar-refractivity contribution in [3.8, 4) is 0 Å². The quantitative estimate of drug-likeness (QED) is 0.805. The van der Waals surface area contributed by atoms with Crippen LogP contribution in [0.4, 0.5) is 5.69 Å². The average Bonchev–Trinajstić information content (AvgIpc) is 2.92. The highest BCUT2D eigenvalue weighted by molar-refractivity contribution is 6.30. The predicted octanol–water partition coefficient (Wildman–Crippen LogP) is 2.30. The van der Waals surface area contributed by atoms with Gasteiger partial charge in [0.2, 0.25) is 5.91 Å².